The van der Waals surface area contributed by atoms with Crippen molar-refractivity contribution in [2.24, 2.45) is 0 Å². The maximum absolute atomic E-state index is 13.6. The molecular formula is C40H50N6O9. The summed E-state index contributed by atoms with van der Waals surface area (Å²) >= 11 is 0. The van der Waals surface area contributed by atoms with E-state index < -0.39 is 29.8 Å². The number of amides is 6. The fourth-order valence-corrected chi connectivity index (χ4v) is 5.84. The molecule has 0 aliphatic carbocycles. The lowest BCUT2D eigenvalue weighted by Crippen LogP contribution is -2.54. The average molecular weight is 759 g/mol. The summed E-state index contributed by atoms with van der Waals surface area (Å²) in [6, 6.07) is 17.3. The predicted octanol–water partition coefficient (Wildman–Crippen LogP) is 2.61. The van der Waals surface area contributed by atoms with Crippen LogP contribution in [0.15, 0.2) is 66.7 Å². The fourth-order valence-electron chi connectivity index (χ4n) is 5.84. The van der Waals surface area contributed by atoms with Gasteiger partial charge in [0.2, 0.25) is 29.5 Å². The van der Waals surface area contributed by atoms with Gasteiger partial charge in [-0.2, -0.15) is 0 Å². The van der Waals surface area contributed by atoms with Crippen molar-refractivity contribution in [3.8, 4) is 23.0 Å². The number of hydrogen-bond acceptors (Lipinski definition) is 9. The molecule has 2 aliphatic rings. The molecule has 2 aliphatic heterocycles. The highest BCUT2D eigenvalue weighted by Gasteiger charge is 2.26. The van der Waals surface area contributed by atoms with E-state index in [1.807, 2.05) is 30.3 Å². The molecule has 0 aromatic heterocycles. The first-order valence-electron chi connectivity index (χ1n) is 18.2. The van der Waals surface area contributed by atoms with Crippen LogP contribution >= 0.6 is 0 Å². The van der Waals surface area contributed by atoms with Gasteiger partial charge in [-0.15, -0.1) is 0 Å². The smallest absolute Gasteiger partial charge is 0.251 e. The first-order chi connectivity index (χ1) is 26.5. The second-order valence-electron chi connectivity index (χ2n) is 13.0. The van der Waals surface area contributed by atoms with Gasteiger partial charge in [0, 0.05) is 56.7 Å². The number of nitrogens with one attached hydrogen (secondary N) is 5. The van der Waals surface area contributed by atoms with Crippen molar-refractivity contribution in [3.63, 3.8) is 0 Å². The summed E-state index contributed by atoms with van der Waals surface area (Å²) in [4.78, 5) is 79.5. The Morgan fingerprint density at radius 3 is 2.38 bits per heavy atom. The summed E-state index contributed by atoms with van der Waals surface area (Å²) in [6.45, 7) is 3.18. The number of nitrogens with zero attached hydrogens (tertiary/aromatic N) is 1. The first-order valence-corrected chi connectivity index (χ1v) is 18.2. The molecule has 2 atom stereocenters. The van der Waals surface area contributed by atoms with Crippen LogP contribution in [0.4, 0.5) is 0 Å². The molecule has 15 heteroatoms. The summed E-state index contributed by atoms with van der Waals surface area (Å²) in [5, 5.41) is 13.8. The van der Waals surface area contributed by atoms with Crippen LogP contribution in [0, 0.1) is 0 Å². The van der Waals surface area contributed by atoms with Gasteiger partial charge in [-0.25, -0.2) is 0 Å². The number of methoxy groups -OCH3 is 2. The third kappa shape index (κ3) is 13.1. The van der Waals surface area contributed by atoms with Crippen LogP contribution in [-0.4, -0.2) is 92.8 Å². The van der Waals surface area contributed by atoms with Gasteiger partial charge >= 0.3 is 0 Å². The van der Waals surface area contributed by atoms with Gasteiger partial charge in [-0.3, -0.25) is 28.8 Å². The van der Waals surface area contributed by atoms with Crippen molar-refractivity contribution in [1.82, 2.24) is 31.5 Å². The van der Waals surface area contributed by atoms with Gasteiger partial charge in [-0.1, -0.05) is 30.3 Å². The molecule has 4 bridgehead atoms. The Balaban J connectivity index is 1.59. The number of benzene rings is 3. The van der Waals surface area contributed by atoms with Crippen molar-refractivity contribution in [2.45, 2.75) is 64.6 Å². The van der Waals surface area contributed by atoms with Crippen LogP contribution in [0.2, 0.25) is 0 Å². The Hall–Kier alpha value is -6.12. The van der Waals surface area contributed by atoms with E-state index in [1.54, 1.807) is 43.3 Å². The number of hydrogen-bond donors (Lipinski definition) is 5. The van der Waals surface area contributed by atoms with Gasteiger partial charge < -0.3 is 45.7 Å². The number of fused-ring (bicyclic) bond motifs is 18. The Morgan fingerprint density at radius 2 is 1.65 bits per heavy atom. The van der Waals surface area contributed by atoms with E-state index in [9.17, 15) is 28.8 Å². The highest BCUT2D eigenvalue weighted by molar-refractivity contribution is 5.95. The zero-order valence-electron chi connectivity index (χ0n) is 31.7. The van der Waals surface area contributed by atoms with E-state index in [2.05, 4.69) is 26.6 Å². The Labute approximate surface area is 320 Å². The highest BCUT2D eigenvalue weighted by Crippen LogP contribution is 2.35. The SMILES string of the molecule is COc1cc2ccc1CNC(=O)[C@H](C)NC(=O)[C@H](CCc1ccccc1)NC(=O)CN(C(=O)CCNC(C)=O)CCCCNC(=O)c1ccc(OC)c(c1)O2. The van der Waals surface area contributed by atoms with E-state index in [-0.39, 0.29) is 63.3 Å². The molecule has 15 nitrogen and oxygen atoms in total. The van der Waals surface area contributed by atoms with Crippen LogP contribution in [-0.2, 0) is 36.9 Å². The maximum atomic E-state index is 13.6. The van der Waals surface area contributed by atoms with Crippen molar-refractivity contribution >= 4 is 35.4 Å². The monoisotopic (exact) mass is 758 g/mol. The molecule has 3 aromatic carbocycles. The molecule has 0 saturated carbocycles. The predicted molar refractivity (Wildman–Crippen MR) is 204 cm³/mol. The molecule has 5 rings (SSSR count). The minimum atomic E-state index is -1.02. The summed E-state index contributed by atoms with van der Waals surface area (Å²) in [5.74, 6) is -1.07. The Bertz CT molecular complexity index is 1820. The lowest BCUT2D eigenvalue weighted by molar-refractivity contribution is -0.137. The molecule has 55 heavy (non-hydrogen) atoms. The van der Waals surface area contributed by atoms with Crippen molar-refractivity contribution < 1.29 is 43.0 Å². The molecule has 294 valence electrons. The average Bonchev–Trinajstić information content (AvgIpc) is 3.17. The fraction of sp³-hybridized carbons (Fsp3) is 0.400. The molecule has 3 aromatic rings. The second kappa shape index (κ2) is 20.9. The van der Waals surface area contributed by atoms with Gasteiger partial charge in [0.25, 0.3) is 5.91 Å². The standard InChI is InChI=1S/C40H50N6O9/c1-26-38(50)43-24-30-13-15-31(23-34(30)54-4)55-35-22-29(14-17-33(35)53-3)39(51)42-19-8-9-21-46(37(49)18-20-41-27(2)47)25-36(48)45-32(40(52)44-26)16-12-28-10-6-5-7-11-28/h5-7,10-11,13-15,17,22-23,26,32H,8-9,12,16,18-21,24-25H2,1-4H3,(H,41,47)(H,42,51)(H,43,50)(H,44,52)(H,45,48)/t26-,32-/m0/s1. The van der Waals surface area contributed by atoms with Crippen molar-refractivity contribution in [1.29, 1.82) is 0 Å². The highest BCUT2D eigenvalue weighted by atomic mass is 16.5. The number of rotatable bonds is 8. The molecular weight excluding hydrogens is 708 g/mol. The van der Waals surface area contributed by atoms with Gasteiger partial charge in [0.1, 0.15) is 23.6 Å². The van der Waals surface area contributed by atoms with Crippen molar-refractivity contribution in [3.05, 3.63) is 83.4 Å². The van der Waals surface area contributed by atoms with Gasteiger partial charge in [-0.05, 0) is 68.5 Å². The third-order valence-electron chi connectivity index (χ3n) is 8.87. The number of carbonyl (C=O) groups is 6. The molecule has 0 spiro atoms. The second-order valence-corrected chi connectivity index (χ2v) is 13.0. The molecule has 0 saturated heterocycles. The largest absolute Gasteiger partial charge is 0.496 e. The topological polar surface area (TPSA) is 193 Å². The molecule has 0 fully saturated rings. The third-order valence-corrected chi connectivity index (χ3v) is 8.87. The van der Waals surface area contributed by atoms with Crippen LogP contribution in [0.25, 0.3) is 0 Å². The minimum Gasteiger partial charge on any atom is -0.496 e. The number of aryl methyl sites for hydroxylation is 1. The summed E-state index contributed by atoms with van der Waals surface area (Å²) in [5.41, 5.74) is 1.92. The number of ether oxygens (including phenoxy) is 3. The van der Waals surface area contributed by atoms with E-state index in [4.69, 9.17) is 14.2 Å². The quantitative estimate of drug-likeness (QED) is 0.215. The first kappa shape index (κ1) is 41.6. The van der Waals surface area contributed by atoms with Gasteiger partial charge in [0.15, 0.2) is 11.5 Å². The van der Waals surface area contributed by atoms with E-state index in [1.165, 1.54) is 26.0 Å². The minimum absolute atomic E-state index is 0.0365. The zero-order chi connectivity index (χ0) is 39.7. The normalized spacial score (nSPS) is 17.6. The maximum Gasteiger partial charge on any atom is 0.251 e. The Kier molecular flexibility index (Phi) is 15.9. The number of carbonyl (C=O) groups excluding carboxylic acids is 6. The lowest BCUT2D eigenvalue weighted by Gasteiger charge is -2.25. The van der Waals surface area contributed by atoms with Crippen LogP contribution < -0.4 is 40.8 Å². The molecule has 2 heterocycles. The van der Waals surface area contributed by atoms with Crippen molar-refractivity contribution in [2.75, 3.05) is 40.4 Å². The van der Waals surface area contributed by atoms with E-state index >= 15 is 0 Å². The van der Waals surface area contributed by atoms with E-state index in [0.717, 1.165) is 5.56 Å². The molecule has 5 N–H and O–H groups in total. The summed E-state index contributed by atoms with van der Waals surface area (Å²) < 4.78 is 17.2. The lowest BCUT2D eigenvalue weighted by atomic mass is 10.0. The Morgan fingerprint density at radius 1 is 0.891 bits per heavy atom. The van der Waals surface area contributed by atoms with Crippen LogP contribution in [0.3, 0.4) is 0 Å². The van der Waals surface area contributed by atoms with Gasteiger partial charge in [0.05, 0.1) is 20.8 Å². The molecule has 6 amide bonds. The zero-order valence-corrected chi connectivity index (χ0v) is 31.7. The van der Waals surface area contributed by atoms with Crippen LogP contribution in [0.5, 0.6) is 23.0 Å². The molecule has 0 unspecified atom stereocenters. The summed E-state index contributed by atoms with van der Waals surface area (Å²) in [6.07, 6.45) is 1.58. The molecule has 0 radical (unpaired) electrons. The van der Waals surface area contributed by atoms with Crippen LogP contribution in [0.1, 0.15) is 61.0 Å². The summed E-state index contributed by atoms with van der Waals surface area (Å²) in [7, 11) is 2.97. The van der Waals surface area contributed by atoms with E-state index in [0.29, 0.717) is 53.4 Å².